The molecule has 0 atom stereocenters. The van der Waals surface area contributed by atoms with Crippen LogP contribution >= 0.6 is 12.2 Å². The third-order valence-electron chi connectivity index (χ3n) is 5.86. The molecular formula is C18H21F3N2S. The molecule has 1 aromatic rings. The molecule has 0 aliphatic heterocycles. The molecule has 24 heavy (non-hydrogen) atoms. The summed E-state index contributed by atoms with van der Waals surface area (Å²) in [5, 5.41) is 6.86. The molecular weight excluding hydrogens is 333 g/mol. The van der Waals surface area contributed by atoms with Gasteiger partial charge in [0.2, 0.25) is 0 Å². The second-order valence-electron chi connectivity index (χ2n) is 7.86. The van der Waals surface area contributed by atoms with Crippen LogP contribution in [0.4, 0.5) is 18.9 Å². The topological polar surface area (TPSA) is 24.1 Å². The maximum absolute atomic E-state index is 12.8. The molecule has 4 fully saturated rings. The van der Waals surface area contributed by atoms with Crippen molar-refractivity contribution in [2.24, 2.45) is 17.8 Å². The first-order chi connectivity index (χ1) is 11.3. The van der Waals surface area contributed by atoms with Gasteiger partial charge in [-0.25, -0.2) is 0 Å². The summed E-state index contributed by atoms with van der Waals surface area (Å²) in [4.78, 5) is 0. The van der Waals surface area contributed by atoms with E-state index in [1.807, 2.05) is 0 Å². The van der Waals surface area contributed by atoms with E-state index in [1.54, 1.807) is 6.07 Å². The molecule has 0 spiro atoms. The maximum atomic E-state index is 12.8. The van der Waals surface area contributed by atoms with Crippen molar-refractivity contribution in [3.63, 3.8) is 0 Å². The third kappa shape index (κ3) is 3.13. The molecule has 6 heteroatoms. The van der Waals surface area contributed by atoms with Gasteiger partial charge in [-0.05, 0) is 86.7 Å². The molecule has 2 nitrogen and oxygen atoms in total. The SMILES string of the molecule is FC(F)(F)c1cccc(NC(=S)NC23CC4CC(CC(C4)C2)C3)c1. The molecule has 5 rings (SSSR count). The summed E-state index contributed by atoms with van der Waals surface area (Å²) in [5.41, 5.74) is -0.224. The molecule has 4 bridgehead atoms. The molecule has 0 aromatic heterocycles. The molecule has 2 N–H and O–H groups in total. The van der Waals surface area contributed by atoms with E-state index in [0.717, 1.165) is 49.1 Å². The number of benzene rings is 1. The summed E-state index contributed by atoms with van der Waals surface area (Å²) in [6.07, 6.45) is 3.11. The first-order valence-electron chi connectivity index (χ1n) is 8.58. The van der Waals surface area contributed by atoms with Crippen LogP contribution in [0.15, 0.2) is 24.3 Å². The van der Waals surface area contributed by atoms with E-state index < -0.39 is 11.7 Å². The fraction of sp³-hybridized carbons (Fsp3) is 0.611. The number of alkyl halides is 3. The average Bonchev–Trinajstić information content (AvgIpc) is 2.44. The summed E-state index contributed by atoms with van der Waals surface area (Å²) in [7, 11) is 0. The second kappa shape index (κ2) is 5.61. The Hall–Kier alpha value is -1.30. The molecule has 130 valence electrons. The summed E-state index contributed by atoms with van der Waals surface area (Å²) in [6.45, 7) is 0. The van der Waals surface area contributed by atoms with Gasteiger partial charge in [-0.2, -0.15) is 13.2 Å². The lowest BCUT2D eigenvalue weighted by molar-refractivity contribution is -0.137. The van der Waals surface area contributed by atoms with Gasteiger partial charge in [0.05, 0.1) is 5.56 Å². The van der Waals surface area contributed by atoms with E-state index >= 15 is 0 Å². The van der Waals surface area contributed by atoms with Crippen molar-refractivity contribution in [3.05, 3.63) is 29.8 Å². The molecule has 0 radical (unpaired) electrons. The van der Waals surface area contributed by atoms with Crippen molar-refractivity contribution in [2.45, 2.75) is 50.2 Å². The average molecular weight is 354 g/mol. The minimum absolute atomic E-state index is 0.0560. The van der Waals surface area contributed by atoms with Crippen molar-refractivity contribution in [1.29, 1.82) is 0 Å². The molecule has 0 saturated heterocycles. The Kier molecular flexibility index (Phi) is 3.79. The lowest BCUT2D eigenvalue weighted by Crippen LogP contribution is -2.60. The van der Waals surface area contributed by atoms with Crippen LogP contribution in [0, 0.1) is 17.8 Å². The zero-order valence-electron chi connectivity index (χ0n) is 13.3. The van der Waals surface area contributed by atoms with Crippen LogP contribution in [-0.4, -0.2) is 10.7 Å². The number of thiocarbonyl (C=S) groups is 1. The van der Waals surface area contributed by atoms with Gasteiger partial charge < -0.3 is 10.6 Å². The Bertz CT molecular complexity index is 621. The summed E-state index contributed by atoms with van der Waals surface area (Å²) in [5.74, 6) is 2.38. The molecule has 0 heterocycles. The Balaban J connectivity index is 1.44. The van der Waals surface area contributed by atoms with Crippen LogP contribution in [0.5, 0.6) is 0 Å². The Morgan fingerprint density at radius 2 is 1.62 bits per heavy atom. The first kappa shape index (κ1) is 16.2. The van der Waals surface area contributed by atoms with Crippen molar-refractivity contribution < 1.29 is 13.2 Å². The van der Waals surface area contributed by atoms with Gasteiger partial charge in [-0.15, -0.1) is 0 Å². The van der Waals surface area contributed by atoms with Gasteiger partial charge in [-0.3, -0.25) is 0 Å². The van der Waals surface area contributed by atoms with Gasteiger partial charge in [-0.1, -0.05) is 6.07 Å². The van der Waals surface area contributed by atoms with E-state index in [9.17, 15) is 13.2 Å². The molecule has 4 aliphatic carbocycles. The van der Waals surface area contributed by atoms with E-state index in [1.165, 1.54) is 25.3 Å². The second-order valence-corrected chi connectivity index (χ2v) is 8.26. The predicted molar refractivity (Wildman–Crippen MR) is 91.7 cm³/mol. The molecule has 0 amide bonds. The minimum Gasteiger partial charge on any atom is -0.357 e. The van der Waals surface area contributed by atoms with Crippen LogP contribution in [-0.2, 0) is 6.18 Å². The Labute approximate surface area is 145 Å². The molecule has 0 unspecified atom stereocenters. The van der Waals surface area contributed by atoms with Crippen molar-refractivity contribution in [2.75, 3.05) is 5.32 Å². The number of hydrogen-bond acceptors (Lipinski definition) is 1. The van der Waals surface area contributed by atoms with Gasteiger partial charge in [0.1, 0.15) is 0 Å². The lowest BCUT2D eigenvalue weighted by atomic mass is 9.53. The van der Waals surface area contributed by atoms with Crippen LogP contribution in [0.1, 0.15) is 44.1 Å². The van der Waals surface area contributed by atoms with E-state index in [4.69, 9.17) is 12.2 Å². The van der Waals surface area contributed by atoms with Crippen LogP contribution in [0.2, 0.25) is 0 Å². The van der Waals surface area contributed by atoms with E-state index in [0.29, 0.717) is 10.8 Å². The summed E-state index contributed by atoms with van der Waals surface area (Å²) < 4.78 is 38.4. The fourth-order valence-corrected chi connectivity index (χ4v) is 5.77. The highest BCUT2D eigenvalue weighted by atomic mass is 32.1. The van der Waals surface area contributed by atoms with E-state index in [-0.39, 0.29) is 5.54 Å². The maximum Gasteiger partial charge on any atom is 0.416 e. The summed E-state index contributed by atoms with van der Waals surface area (Å²) in [6, 6.07) is 5.19. The number of hydrogen-bond donors (Lipinski definition) is 2. The third-order valence-corrected chi connectivity index (χ3v) is 6.07. The van der Waals surface area contributed by atoms with Gasteiger partial charge in [0.15, 0.2) is 5.11 Å². The van der Waals surface area contributed by atoms with E-state index in [2.05, 4.69) is 10.6 Å². The molecule has 4 aliphatic rings. The van der Waals surface area contributed by atoms with Crippen LogP contribution < -0.4 is 10.6 Å². The number of halogens is 3. The predicted octanol–water partition coefficient (Wildman–Crippen LogP) is 4.96. The Morgan fingerprint density at radius 3 is 2.17 bits per heavy atom. The van der Waals surface area contributed by atoms with Crippen molar-refractivity contribution >= 4 is 23.0 Å². The highest BCUT2D eigenvalue weighted by molar-refractivity contribution is 7.80. The standard InChI is InChI=1S/C18H21F3N2S/c19-18(20,21)14-2-1-3-15(7-14)22-16(24)23-17-8-11-4-12(9-17)6-13(5-11)10-17/h1-3,7,11-13H,4-6,8-10H2,(H2,22,23,24). The minimum atomic E-state index is -4.34. The number of anilines is 1. The number of rotatable bonds is 2. The first-order valence-corrected chi connectivity index (χ1v) is 8.99. The lowest BCUT2D eigenvalue weighted by Gasteiger charge is -2.57. The zero-order chi connectivity index (χ0) is 16.9. The quantitative estimate of drug-likeness (QED) is 0.734. The zero-order valence-corrected chi connectivity index (χ0v) is 14.1. The Morgan fingerprint density at radius 1 is 1.04 bits per heavy atom. The fourth-order valence-electron chi connectivity index (χ4n) is 5.44. The van der Waals surface area contributed by atoms with Crippen molar-refractivity contribution in [1.82, 2.24) is 5.32 Å². The van der Waals surface area contributed by atoms with Gasteiger partial charge in [0, 0.05) is 11.2 Å². The smallest absolute Gasteiger partial charge is 0.357 e. The van der Waals surface area contributed by atoms with Crippen molar-refractivity contribution in [3.8, 4) is 0 Å². The highest BCUT2D eigenvalue weighted by Crippen LogP contribution is 2.55. The van der Waals surface area contributed by atoms with Gasteiger partial charge in [0.25, 0.3) is 0 Å². The van der Waals surface area contributed by atoms with Crippen LogP contribution in [0.3, 0.4) is 0 Å². The monoisotopic (exact) mass is 354 g/mol. The number of nitrogens with one attached hydrogen (secondary N) is 2. The molecule has 1 aromatic carbocycles. The molecule has 4 saturated carbocycles. The normalized spacial score (nSPS) is 34.2. The highest BCUT2D eigenvalue weighted by Gasteiger charge is 2.51. The van der Waals surface area contributed by atoms with Gasteiger partial charge >= 0.3 is 6.18 Å². The van der Waals surface area contributed by atoms with Crippen LogP contribution in [0.25, 0.3) is 0 Å². The largest absolute Gasteiger partial charge is 0.416 e. The summed E-state index contributed by atoms with van der Waals surface area (Å²) >= 11 is 5.40.